The van der Waals surface area contributed by atoms with Crippen LogP contribution in [-0.4, -0.2) is 41.0 Å². The molecule has 0 aliphatic heterocycles. The molecular formula is C47H34F3N5O6. The zero-order chi connectivity index (χ0) is 42.5. The number of nitrogens with one attached hydrogen (secondary N) is 2. The van der Waals surface area contributed by atoms with Gasteiger partial charge in [0.15, 0.2) is 23.1 Å². The minimum Gasteiger partial charge on any atom is -0.497 e. The quantitative estimate of drug-likeness (QED) is 0.117. The number of amides is 2. The normalized spacial score (nSPS) is 11.0. The van der Waals surface area contributed by atoms with E-state index in [2.05, 4.69) is 20.6 Å². The first kappa shape index (κ1) is 39.8. The van der Waals surface area contributed by atoms with E-state index in [1.807, 2.05) is 0 Å². The van der Waals surface area contributed by atoms with Crippen molar-refractivity contribution in [3.63, 3.8) is 0 Å². The number of benzene rings is 5. The van der Waals surface area contributed by atoms with E-state index in [0.717, 1.165) is 17.7 Å². The SMILES string of the molecule is COc1ccc2c(Oc3cc(C(=O)NCc4cccc(F)c4)ccc3F)cc(-c3cc4c(Oc5cc(C(=O)NCc6ccncc6)ccc5F)ccnc4cc3OC)nc2c1. The maximum absolute atomic E-state index is 15.5. The van der Waals surface area contributed by atoms with E-state index in [4.69, 9.17) is 23.9 Å². The number of aromatic nitrogens is 3. The topological polar surface area (TPSA) is 134 Å². The summed E-state index contributed by atoms with van der Waals surface area (Å²) < 4.78 is 68.1. The Bertz CT molecular complexity index is 2950. The minimum absolute atomic E-state index is 0.0479. The van der Waals surface area contributed by atoms with Crippen LogP contribution in [-0.2, 0) is 13.1 Å². The lowest BCUT2D eigenvalue weighted by atomic mass is 10.0. The lowest BCUT2D eigenvalue weighted by molar-refractivity contribution is 0.0942. The number of carbonyl (C=O) groups is 2. The Hall–Kier alpha value is -8.00. The molecule has 0 spiro atoms. The van der Waals surface area contributed by atoms with Crippen LogP contribution in [0.15, 0.2) is 134 Å². The number of methoxy groups -OCH3 is 2. The van der Waals surface area contributed by atoms with Gasteiger partial charge in [-0.15, -0.1) is 0 Å². The first-order valence-corrected chi connectivity index (χ1v) is 18.8. The highest BCUT2D eigenvalue weighted by atomic mass is 19.1. The Morgan fingerprint density at radius 1 is 0.574 bits per heavy atom. The Morgan fingerprint density at radius 2 is 1.26 bits per heavy atom. The van der Waals surface area contributed by atoms with E-state index < -0.39 is 29.3 Å². The zero-order valence-electron chi connectivity index (χ0n) is 32.5. The van der Waals surface area contributed by atoms with Crippen LogP contribution in [0, 0.1) is 17.5 Å². The standard InChI is InChI=1S/C47H34F3N5O6/c1-58-32-8-9-33-39(21-32)55-40(24-43(33)61-45-20-30(7-11-37(45)50)47(57)54-26-28-4-3-5-31(48)18-28)35-22-34-38(23-42(35)59-2)52-17-14-41(34)60-44-19-29(6-10-36(44)49)46(56)53-25-27-12-15-51-16-13-27/h3-24H,25-26H2,1-2H3,(H,53,56)(H,54,57). The van der Waals surface area contributed by atoms with Gasteiger partial charge in [0, 0.05) is 77.3 Å². The number of rotatable bonds is 13. The summed E-state index contributed by atoms with van der Waals surface area (Å²) in [5.74, 6) is -2.00. The molecule has 61 heavy (non-hydrogen) atoms. The van der Waals surface area contributed by atoms with Crippen LogP contribution >= 0.6 is 0 Å². The van der Waals surface area contributed by atoms with E-state index in [1.165, 1.54) is 62.9 Å². The lowest BCUT2D eigenvalue weighted by Gasteiger charge is -2.16. The summed E-state index contributed by atoms with van der Waals surface area (Å²) in [5, 5.41) is 6.47. The summed E-state index contributed by atoms with van der Waals surface area (Å²) in [5.41, 5.74) is 3.32. The molecule has 11 nitrogen and oxygen atoms in total. The fourth-order valence-electron chi connectivity index (χ4n) is 6.53. The van der Waals surface area contributed by atoms with E-state index in [1.54, 1.807) is 73.1 Å². The second-order valence-electron chi connectivity index (χ2n) is 13.6. The predicted octanol–water partition coefficient (Wildman–Crippen LogP) is 9.72. The summed E-state index contributed by atoms with van der Waals surface area (Å²) in [6, 6.07) is 28.6. The highest BCUT2D eigenvalue weighted by Gasteiger charge is 2.20. The van der Waals surface area contributed by atoms with Crippen LogP contribution in [0.3, 0.4) is 0 Å². The molecule has 0 saturated carbocycles. The van der Waals surface area contributed by atoms with Crippen molar-refractivity contribution in [2.24, 2.45) is 0 Å². The number of carbonyl (C=O) groups excluding carboxylic acids is 2. The van der Waals surface area contributed by atoms with Crippen molar-refractivity contribution < 1.29 is 41.7 Å². The summed E-state index contributed by atoms with van der Waals surface area (Å²) in [4.78, 5) is 39.5. The van der Waals surface area contributed by atoms with Crippen molar-refractivity contribution >= 4 is 33.6 Å². The molecule has 8 rings (SSSR count). The van der Waals surface area contributed by atoms with Crippen LogP contribution < -0.4 is 29.6 Å². The molecule has 304 valence electrons. The van der Waals surface area contributed by atoms with Gasteiger partial charge in [-0.05, 0) is 96.1 Å². The van der Waals surface area contributed by atoms with Gasteiger partial charge in [-0.3, -0.25) is 19.6 Å². The molecule has 0 aliphatic carbocycles. The van der Waals surface area contributed by atoms with Crippen molar-refractivity contribution in [2.75, 3.05) is 14.2 Å². The molecule has 2 N–H and O–H groups in total. The zero-order valence-corrected chi connectivity index (χ0v) is 32.5. The first-order chi connectivity index (χ1) is 29.6. The molecule has 5 aromatic carbocycles. The molecule has 3 heterocycles. The second-order valence-corrected chi connectivity index (χ2v) is 13.6. The van der Waals surface area contributed by atoms with Crippen molar-refractivity contribution in [2.45, 2.75) is 13.1 Å². The number of pyridine rings is 3. The maximum atomic E-state index is 15.5. The third-order valence-corrected chi connectivity index (χ3v) is 9.65. The third-order valence-electron chi connectivity index (χ3n) is 9.65. The highest BCUT2D eigenvalue weighted by molar-refractivity contribution is 5.97. The Balaban J connectivity index is 1.14. The molecular weight excluding hydrogens is 788 g/mol. The molecule has 14 heteroatoms. The van der Waals surface area contributed by atoms with Crippen LogP contribution in [0.2, 0.25) is 0 Å². The number of ether oxygens (including phenoxy) is 4. The van der Waals surface area contributed by atoms with E-state index in [0.29, 0.717) is 50.1 Å². The largest absolute Gasteiger partial charge is 0.497 e. The van der Waals surface area contributed by atoms with Gasteiger partial charge in [0.05, 0.1) is 30.9 Å². The average Bonchev–Trinajstić information content (AvgIpc) is 3.28. The van der Waals surface area contributed by atoms with E-state index in [-0.39, 0.29) is 47.2 Å². The van der Waals surface area contributed by atoms with Crippen molar-refractivity contribution in [3.8, 4) is 45.8 Å². The number of hydrogen-bond donors (Lipinski definition) is 2. The Kier molecular flexibility index (Phi) is 11.4. The van der Waals surface area contributed by atoms with Gasteiger partial charge in [0.25, 0.3) is 11.8 Å². The molecule has 3 aromatic heterocycles. The van der Waals surface area contributed by atoms with Gasteiger partial charge in [-0.2, -0.15) is 0 Å². The van der Waals surface area contributed by atoms with Crippen LogP contribution in [0.1, 0.15) is 31.8 Å². The molecule has 0 aliphatic rings. The smallest absolute Gasteiger partial charge is 0.251 e. The van der Waals surface area contributed by atoms with Gasteiger partial charge in [-0.1, -0.05) is 12.1 Å². The predicted molar refractivity (Wildman–Crippen MR) is 222 cm³/mol. The molecule has 0 atom stereocenters. The van der Waals surface area contributed by atoms with E-state index >= 15 is 8.78 Å². The molecule has 8 aromatic rings. The van der Waals surface area contributed by atoms with Crippen molar-refractivity contribution in [3.05, 3.63) is 174 Å². The van der Waals surface area contributed by atoms with Crippen molar-refractivity contribution in [1.29, 1.82) is 0 Å². The van der Waals surface area contributed by atoms with Gasteiger partial charge in [0.1, 0.15) is 28.8 Å². The molecule has 0 bridgehead atoms. The van der Waals surface area contributed by atoms with Gasteiger partial charge in [-0.25, -0.2) is 18.2 Å². The monoisotopic (exact) mass is 821 g/mol. The summed E-state index contributed by atoms with van der Waals surface area (Å²) in [7, 11) is 2.99. The number of halogens is 3. The van der Waals surface area contributed by atoms with Gasteiger partial charge < -0.3 is 29.6 Å². The first-order valence-electron chi connectivity index (χ1n) is 18.8. The molecule has 0 saturated heterocycles. The summed E-state index contributed by atoms with van der Waals surface area (Å²) in [6.07, 6.45) is 4.74. The van der Waals surface area contributed by atoms with Crippen LogP contribution in [0.4, 0.5) is 13.2 Å². The molecule has 0 radical (unpaired) electrons. The van der Waals surface area contributed by atoms with Gasteiger partial charge >= 0.3 is 0 Å². The Morgan fingerprint density at radius 3 is 1.93 bits per heavy atom. The maximum Gasteiger partial charge on any atom is 0.251 e. The third kappa shape index (κ3) is 8.88. The lowest BCUT2D eigenvalue weighted by Crippen LogP contribution is -2.22. The number of fused-ring (bicyclic) bond motifs is 2. The van der Waals surface area contributed by atoms with Crippen LogP contribution in [0.5, 0.6) is 34.5 Å². The van der Waals surface area contributed by atoms with Crippen LogP contribution in [0.25, 0.3) is 33.1 Å². The van der Waals surface area contributed by atoms with Gasteiger partial charge in [0.2, 0.25) is 0 Å². The summed E-state index contributed by atoms with van der Waals surface area (Å²) in [6.45, 7) is 0.293. The van der Waals surface area contributed by atoms with E-state index in [9.17, 15) is 14.0 Å². The second kappa shape index (κ2) is 17.5. The minimum atomic E-state index is -0.736. The number of hydrogen-bond acceptors (Lipinski definition) is 9. The Labute approximate surface area is 346 Å². The summed E-state index contributed by atoms with van der Waals surface area (Å²) >= 11 is 0. The fourth-order valence-corrected chi connectivity index (χ4v) is 6.53. The molecule has 2 amide bonds. The fraction of sp³-hybridized carbons (Fsp3) is 0.0851. The van der Waals surface area contributed by atoms with Crippen molar-refractivity contribution in [1.82, 2.24) is 25.6 Å². The molecule has 0 unspecified atom stereocenters. The average molecular weight is 822 g/mol. The highest BCUT2D eigenvalue weighted by Crippen LogP contribution is 2.42. The molecule has 0 fully saturated rings. The number of nitrogens with zero attached hydrogens (tertiary/aromatic N) is 3.